The van der Waals surface area contributed by atoms with Crippen LogP contribution in [0.3, 0.4) is 0 Å². The van der Waals surface area contributed by atoms with E-state index in [-0.39, 0.29) is 23.3 Å². The third-order valence-corrected chi connectivity index (χ3v) is 10.7. The summed E-state index contributed by atoms with van der Waals surface area (Å²) in [7, 11) is 2.60. The zero-order chi connectivity index (χ0) is 32.4. The van der Waals surface area contributed by atoms with Gasteiger partial charge in [0.2, 0.25) is 0 Å². The van der Waals surface area contributed by atoms with Gasteiger partial charge in [-0.15, -0.1) is 0 Å². The summed E-state index contributed by atoms with van der Waals surface area (Å²) in [5, 5.41) is 9.91. The van der Waals surface area contributed by atoms with Crippen LogP contribution in [0.5, 0.6) is 11.5 Å². The number of benzene rings is 2. The van der Waals surface area contributed by atoms with Crippen LogP contribution >= 0.6 is 0 Å². The molecule has 3 heterocycles. The molecule has 0 aliphatic carbocycles. The molecule has 1 N–H and O–H groups in total. The Bertz CT molecular complexity index is 1280. The molecule has 2 fully saturated rings. The maximum absolute atomic E-state index is 13.7. The van der Waals surface area contributed by atoms with Crippen LogP contribution in [0, 0.1) is 0 Å². The van der Waals surface area contributed by atoms with Crippen molar-refractivity contribution in [1.29, 1.82) is 0 Å². The summed E-state index contributed by atoms with van der Waals surface area (Å²) in [6, 6.07) is 11.7. The molecule has 0 saturated carbocycles. The Hall–Kier alpha value is -2.73. The number of carbonyl (C=O) groups excluding carboxylic acids is 2. The zero-order valence-corrected chi connectivity index (χ0v) is 28.5. The highest BCUT2D eigenvalue weighted by Crippen LogP contribution is 2.35. The lowest BCUT2D eigenvalue weighted by Gasteiger charge is -2.36. The summed E-state index contributed by atoms with van der Waals surface area (Å²) >= 11 is 0. The van der Waals surface area contributed by atoms with Crippen LogP contribution < -0.4 is 4.74 Å². The highest BCUT2D eigenvalue weighted by atomic mass is 32.2. The summed E-state index contributed by atoms with van der Waals surface area (Å²) in [5.41, 5.74) is 4.22. The molecule has 0 aromatic heterocycles. The number of hydrogen-bond donors (Lipinski definition) is 1. The summed E-state index contributed by atoms with van der Waals surface area (Å²) in [6.45, 7) is 15.1. The molecule has 0 bridgehead atoms. The Morgan fingerprint density at radius 2 is 1.77 bits per heavy atom. The number of aldehydes is 1. The molecule has 3 aliphatic rings. The van der Waals surface area contributed by atoms with E-state index < -0.39 is 10.8 Å². The molecule has 3 aliphatic heterocycles. The molecule has 2 saturated heterocycles. The van der Waals surface area contributed by atoms with E-state index >= 15 is 0 Å². The number of piperazine rings is 1. The average molecular weight is 627 g/mol. The third kappa shape index (κ3) is 8.50. The van der Waals surface area contributed by atoms with Gasteiger partial charge in [-0.2, -0.15) is 0 Å². The number of phenols is 1. The van der Waals surface area contributed by atoms with E-state index in [1.807, 2.05) is 43.0 Å². The van der Waals surface area contributed by atoms with Crippen LogP contribution in [0.4, 0.5) is 0 Å². The predicted octanol–water partition coefficient (Wildman–Crippen LogP) is 4.60. The SMILES string of the molecule is CC.CC=O.COc1cc(CCC(C)(C)N2Cc3cccc(C(=O)N4CCN(S(=O)B5CCCN5C)CC4)c3C2)ccc1O. The van der Waals surface area contributed by atoms with Gasteiger partial charge in [0, 0.05) is 50.4 Å². The Morgan fingerprint density at radius 1 is 1.09 bits per heavy atom. The van der Waals surface area contributed by atoms with Crippen molar-refractivity contribution in [2.24, 2.45) is 0 Å². The zero-order valence-electron chi connectivity index (χ0n) is 27.7. The second-order valence-corrected chi connectivity index (χ2v) is 13.5. The number of nitrogens with zero attached hydrogens (tertiary/aromatic N) is 4. The molecule has 44 heavy (non-hydrogen) atoms. The van der Waals surface area contributed by atoms with Crippen molar-refractivity contribution >= 4 is 29.2 Å². The number of methoxy groups -OCH3 is 1. The molecular weight excluding hydrogens is 575 g/mol. The first kappa shape index (κ1) is 35.8. The molecule has 0 spiro atoms. The number of aryl methyl sites for hydroxylation is 1. The van der Waals surface area contributed by atoms with Crippen molar-refractivity contribution < 1.29 is 23.6 Å². The largest absolute Gasteiger partial charge is 0.504 e. The number of rotatable bonds is 8. The number of ether oxygens (including phenoxy) is 1. The van der Waals surface area contributed by atoms with E-state index in [2.05, 4.69) is 41.0 Å². The number of fused-ring (bicyclic) bond motifs is 1. The molecule has 0 radical (unpaired) electrons. The van der Waals surface area contributed by atoms with Crippen molar-refractivity contribution in [1.82, 2.24) is 18.9 Å². The van der Waals surface area contributed by atoms with Crippen LogP contribution in [0.25, 0.3) is 0 Å². The van der Waals surface area contributed by atoms with E-state index in [0.29, 0.717) is 31.9 Å². The van der Waals surface area contributed by atoms with Gasteiger partial charge in [0.25, 0.3) is 5.91 Å². The Labute approximate surface area is 267 Å². The second-order valence-electron chi connectivity index (χ2n) is 11.9. The van der Waals surface area contributed by atoms with Crippen molar-refractivity contribution in [3.05, 3.63) is 58.7 Å². The normalized spacial score (nSPS) is 18.1. The number of phenolic OH excluding ortho intramolecular Hbond substituents is 1. The smallest absolute Gasteiger partial charge is 0.353 e. The minimum atomic E-state index is -1.02. The quantitative estimate of drug-likeness (QED) is 0.338. The molecule has 2 aromatic carbocycles. The molecule has 1 amide bonds. The highest BCUT2D eigenvalue weighted by Gasteiger charge is 2.38. The molecule has 2 aromatic rings. The van der Waals surface area contributed by atoms with Crippen LogP contribution in [0.15, 0.2) is 36.4 Å². The summed E-state index contributed by atoms with van der Waals surface area (Å²) < 4.78 is 20.4. The van der Waals surface area contributed by atoms with E-state index in [9.17, 15) is 14.1 Å². The first-order chi connectivity index (χ1) is 21.1. The van der Waals surface area contributed by atoms with Gasteiger partial charge in [-0.25, -0.2) is 4.31 Å². The van der Waals surface area contributed by atoms with Gasteiger partial charge >= 0.3 is 6.13 Å². The topological polar surface area (TPSA) is 93.6 Å². The monoisotopic (exact) mass is 626 g/mol. The van der Waals surface area contributed by atoms with E-state index in [0.717, 1.165) is 68.2 Å². The van der Waals surface area contributed by atoms with Gasteiger partial charge in [-0.3, -0.25) is 13.9 Å². The van der Waals surface area contributed by atoms with Crippen LogP contribution in [-0.2, 0) is 35.1 Å². The minimum Gasteiger partial charge on any atom is -0.504 e. The van der Waals surface area contributed by atoms with Gasteiger partial charge in [0.15, 0.2) is 11.5 Å². The Morgan fingerprint density at radius 3 is 2.39 bits per heavy atom. The van der Waals surface area contributed by atoms with Gasteiger partial charge in [0.1, 0.15) is 6.29 Å². The Balaban J connectivity index is 0.000000997. The highest BCUT2D eigenvalue weighted by molar-refractivity contribution is 8.11. The van der Waals surface area contributed by atoms with Gasteiger partial charge < -0.3 is 24.3 Å². The van der Waals surface area contributed by atoms with E-state index in [4.69, 9.17) is 9.53 Å². The standard InChI is InChI=1S/C29H41BN4O4S.C2H4O.C2H6/c1-29(2,12-11-22-9-10-26(35)27(19-22)38-4)33-20-23-7-5-8-24(25(23)21-33)28(36)32-15-17-34(18-16-32)39(37)30-13-6-14-31(30)3;1-2-3;1-2/h5,7-10,19,35H,6,11-18,20-21H2,1-4H3;2H,1H3;1-2H3. The number of hydrogen-bond acceptors (Lipinski definition) is 7. The van der Waals surface area contributed by atoms with Crippen LogP contribution in [0.2, 0.25) is 6.32 Å². The van der Waals surface area contributed by atoms with Crippen molar-refractivity contribution in [2.75, 3.05) is 46.9 Å². The fraction of sp³-hybridized carbons (Fsp3) is 0.576. The van der Waals surface area contributed by atoms with E-state index in [1.165, 1.54) is 12.5 Å². The summed E-state index contributed by atoms with van der Waals surface area (Å²) in [5.74, 6) is 0.745. The number of amides is 1. The van der Waals surface area contributed by atoms with Crippen LogP contribution in [-0.4, -0.2) is 99.0 Å². The molecule has 9 nitrogen and oxygen atoms in total. The minimum absolute atomic E-state index is 0.0758. The number of carbonyl (C=O) groups is 2. The predicted molar refractivity (Wildman–Crippen MR) is 179 cm³/mol. The lowest BCUT2D eigenvalue weighted by atomic mass is 9.89. The van der Waals surface area contributed by atoms with Gasteiger partial charge in [-0.05, 0) is 94.8 Å². The van der Waals surface area contributed by atoms with E-state index in [1.54, 1.807) is 13.2 Å². The summed E-state index contributed by atoms with van der Waals surface area (Å²) in [4.78, 5) is 29.1. The Kier molecular flexibility index (Phi) is 13.4. The lowest BCUT2D eigenvalue weighted by Crippen LogP contribution is -2.53. The van der Waals surface area contributed by atoms with Crippen molar-refractivity contribution in [3.8, 4) is 11.5 Å². The molecule has 242 valence electrons. The fourth-order valence-electron chi connectivity index (χ4n) is 6.08. The van der Waals surface area contributed by atoms with Crippen molar-refractivity contribution in [2.45, 2.75) is 78.8 Å². The molecule has 1 unspecified atom stereocenters. The summed E-state index contributed by atoms with van der Waals surface area (Å²) in [6.07, 6.45) is 4.74. The third-order valence-electron chi connectivity index (χ3n) is 8.81. The molecule has 5 rings (SSSR count). The van der Waals surface area contributed by atoms with Crippen LogP contribution in [0.1, 0.15) is 74.5 Å². The first-order valence-corrected chi connectivity index (χ1v) is 17.0. The second kappa shape index (κ2) is 16.5. The van der Waals surface area contributed by atoms with Crippen molar-refractivity contribution in [3.63, 3.8) is 0 Å². The molecular formula is C33H51BN4O5S. The average Bonchev–Trinajstić information content (AvgIpc) is 3.68. The maximum atomic E-state index is 13.7. The fourth-order valence-corrected chi connectivity index (χ4v) is 7.73. The first-order valence-electron chi connectivity index (χ1n) is 15.9. The molecule has 1 atom stereocenters. The number of aromatic hydroxyl groups is 1. The van der Waals surface area contributed by atoms with Gasteiger partial charge in [0.05, 0.1) is 17.9 Å². The molecule has 11 heteroatoms. The maximum Gasteiger partial charge on any atom is 0.353 e. The lowest BCUT2D eigenvalue weighted by molar-refractivity contribution is -0.106. The van der Waals surface area contributed by atoms with Gasteiger partial charge in [-0.1, -0.05) is 32.0 Å².